The number of rotatable bonds is 5. The summed E-state index contributed by atoms with van der Waals surface area (Å²) in [6.07, 6.45) is 6.93. The molecular weight excluding hydrogens is 332 g/mol. The predicted octanol–water partition coefficient (Wildman–Crippen LogP) is 2.04. The van der Waals surface area contributed by atoms with E-state index in [2.05, 4.69) is 14.9 Å². The van der Waals surface area contributed by atoms with Crippen LogP contribution in [0, 0.1) is 5.92 Å². The van der Waals surface area contributed by atoms with Gasteiger partial charge in [-0.15, -0.1) is 0 Å². The molecule has 1 saturated carbocycles. The van der Waals surface area contributed by atoms with Gasteiger partial charge in [0.1, 0.15) is 11.6 Å². The third kappa shape index (κ3) is 3.25. The maximum absolute atomic E-state index is 12.6. The van der Waals surface area contributed by atoms with Crippen LogP contribution < -0.4 is 5.32 Å². The smallest absolute Gasteiger partial charge is 0.226 e. The fourth-order valence-electron chi connectivity index (χ4n) is 3.65. The largest absolute Gasteiger partial charge is 0.467 e. The number of hydrogen-bond acceptors (Lipinski definition) is 4. The quantitative estimate of drug-likeness (QED) is 0.889. The summed E-state index contributed by atoms with van der Waals surface area (Å²) in [5, 5.41) is 2.84. The van der Waals surface area contributed by atoms with Gasteiger partial charge in [0.15, 0.2) is 0 Å². The molecule has 7 heteroatoms. The van der Waals surface area contributed by atoms with Gasteiger partial charge in [-0.25, -0.2) is 4.98 Å². The Bertz CT molecular complexity index is 792. The number of furan rings is 1. The van der Waals surface area contributed by atoms with Crippen LogP contribution in [0.25, 0.3) is 0 Å². The number of carbonyl (C=O) groups excluding carboxylic acids is 2. The zero-order valence-corrected chi connectivity index (χ0v) is 15.0. The number of fused-ring (bicyclic) bond motifs is 1. The second-order valence-electron chi connectivity index (χ2n) is 7.15. The van der Waals surface area contributed by atoms with Crippen molar-refractivity contribution in [1.29, 1.82) is 0 Å². The minimum Gasteiger partial charge on any atom is -0.467 e. The van der Waals surface area contributed by atoms with Crippen molar-refractivity contribution in [2.45, 2.75) is 51.7 Å². The summed E-state index contributed by atoms with van der Waals surface area (Å²) in [4.78, 5) is 31.3. The van der Waals surface area contributed by atoms with Crippen molar-refractivity contribution in [2.24, 2.45) is 5.92 Å². The Balaban J connectivity index is 1.38. The van der Waals surface area contributed by atoms with Crippen LogP contribution in [-0.4, -0.2) is 32.8 Å². The molecule has 26 heavy (non-hydrogen) atoms. The van der Waals surface area contributed by atoms with Crippen molar-refractivity contribution in [3.05, 3.63) is 41.9 Å². The molecule has 1 aliphatic carbocycles. The lowest BCUT2D eigenvalue weighted by molar-refractivity contribution is -0.141. The van der Waals surface area contributed by atoms with Crippen LogP contribution in [0.15, 0.2) is 29.0 Å². The lowest BCUT2D eigenvalue weighted by Gasteiger charge is -2.38. The summed E-state index contributed by atoms with van der Waals surface area (Å²) < 4.78 is 7.28. The third-order valence-electron chi connectivity index (χ3n) is 5.40. The van der Waals surface area contributed by atoms with E-state index in [1.807, 2.05) is 24.1 Å². The van der Waals surface area contributed by atoms with E-state index in [-0.39, 0.29) is 30.2 Å². The van der Waals surface area contributed by atoms with Gasteiger partial charge in [-0.1, -0.05) is 6.42 Å². The SMILES string of the molecule is CC1c2nc(CC(=O)NCc3ccco3)cn2CCN1C(=O)C1CCC1. The van der Waals surface area contributed by atoms with E-state index in [1.165, 1.54) is 0 Å². The van der Waals surface area contributed by atoms with Crippen LogP contribution in [-0.2, 0) is 29.1 Å². The van der Waals surface area contributed by atoms with Gasteiger partial charge in [0.05, 0.1) is 31.0 Å². The van der Waals surface area contributed by atoms with Crippen LogP contribution in [0.4, 0.5) is 0 Å². The van der Waals surface area contributed by atoms with Gasteiger partial charge in [-0.3, -0.25) is 9.59 Å². The maximum Gasteiger partial charge on any atom is 0.226 e. The van der Waals surface area contributed by atoms with Gasteiger partial charge in [0, 0.05) is 25.2 Å². The molecule has 138 valence electrons. The number of aromatic nitrogens is 2. The van der Waals surface area contributed by atoms with E-state index >= 15 is 0 Å². The minimum atomic E-state index is -0.0908. The molecule has 2 aromatic heterocycles. The van der Waals surface area contributed by atoms with Gasteiger partial charge in [-0.2, -0.15) is 0 Å². The molecule has 4 rings (SSSR count). The average molecular weight is 356 g/mol. The molecule has 7 nitrogen and oxygen atoms in total. The van der Waals surface area contributed by atoms with E-state index in [1.54, 1.807) is 12.3 Å². The highest BCUT2D eigenvalue weighted by Gasteiger charge is 2.35. The molecule has 2 aromatic rings. The molecule has 0 aromatic carbocycles. The maximum atomic E-state index is 12.6. The molecule has 1 unspecified atom stereocenters. The highest BCUT2D eigenvalue weighted by Crippen LogP contribution is 2.33. The van der Waals surface area contributed by atoms with E-state index < -0.39 is 0 Å². The van der Waals surface area contributed by atoms with Gasteiger partial charge < -0.3 is 19.2 Å². The van der Waals surface area contributed by atoms with Gasteiger partial charge in [0.25, 0.3) is 0 Å². The summed E-state index contributed by atoms with van der Waals surface area (Å²) in [6, 6.07) is 3.57. The first kappa shape index (κ1) is 16.9. The Labute approximate surface area is 152 Å². The average Bonchev–Trinajstić information content (AvgIpc) is 3.21. The van der Waals surface area contributed by atoms with Crippen LogP contribution in [0.1, 0.15) is 49.5 Å². The molecular formula is C19H24N4O3. The van der Waals surface area contributed by atoms with Crippen LogP contribution in [0.3, 0.4) is 0 Å². The number of nitrogens with one attached hydrogen (secondary N) is 1. The summed E-state index contributed by atoms with van der Waals surface area (Å²) in [5.41, 5.74) is 0.738. The molecule has 1 fully saturated rings. The third-order valence-corrected chi connectivity index (χ3v) is 5.40. The van der Waals surface area contributed by atoms with Crippen LogP contribution >= 0.6 is 0 Å². The Kier molecular flexibility index (Phi) is 4.53. The van der Waals surface area contributed by atoms with Crippen molar-refractivity contribution < 1.29 is 14.0 Å². The Morgan fingerprint density at radius 2 is 2.19 bits per heavy atom. The molecule has 0 bridgehead atoms. The summed E-state index contributed by atoms with van der Waals surface area (Å²) in [7, 11) is 0. The highest BCUT2D eigenvalue weighted by atomic mass is 16.3. The zero-order chi connectivity index (χ0) is 18.1. The number of carbonyl (C=O) groups is 2. The second-order valence-corrected chi connectivity index (χ2v) is 7.15. The molecule has 0 spiro atoms. The zero-order valence-electron chi connectivity index (χ0n) is 15.0. The minimum absolute atomic E-state index is 0.0446. The van der Waals surface area contributed by atoms with Crippen molar-refractivity contribution in [2.75, 3.05) is 6.54 Å². The number of nitrogens with zero attached hydrogens (tertiary/aromatic N) is 3. The predicted molar refractivity (Wildman–Crippen MR) is 94.0 cm³/mol. The molecule has 2 amide bonds. The Morgan fingerprint density at radius 3 is 2.88 bits per heavy atom. The Morgan fingerprint density at radius 1 is 1.35 bits per heavy atom. The summed E-state index contributed by atoms with van der Waals surface area (Å²) >= 11 is 0. The monoisotopic (exact) mass is 356 g/mol. The summed E-state index contributed by atoms with van der Waals surface area (Å²) in [5.74, 6) is 1.97. The van der Waals surface area contributed by atoms with E-state index in [0.717, 1.165) is 43.1 Å². The second kappa shape index (κ2) is 6.97. The standard InChI is InChI=1S/C19H24N4O3/c1-13-18-21-15(10-17(24)20-11-16-6-3-9-26-16)12-22(18)7-8-23(13)19(25)14-4-2-5-14/h3,6,9,12-14H,2,4-5,7-8,10-11H2,1H3,(H,20,24). The molecule has 0 radical (unpaired) electrons. The van der Waals surface area contributed by atoms with E-state index in [9.17, 15) is 9.59 Å². The molecule has 1 aliphatic heterocycles. The normalized spacial score (nSPS) is 19.7. The summed E-state index contributed by atoms with van der Waals surface area (Å²) in [6.45, 7) is 3.85. The van der Waals surface area contributed by atoms with Crippen molar-refractivity contribution in [1.82, 2.24) is 19.8 Å². The van der Waals surface area contributed by atoms with Crippen LogP contribution in [0.2, 0.25) is 0 Å². The number of hydrogen-bond donors (Lipinski definition) is 1. The lowest BCUT2D eigenvalue weighted by atomic mass is 9.84. The first-order chi connectivity index (χ1) is 12.6. The van der Waals surface area contributed by atoms with Gasteiger partial charge in [0.2, 0.25) is 11.8 Å². The lowest BCUT2D eigenvalue weighted by Crippen LogP contribution is -2.45. The molecule has 0 saturated heterocycles. The van der Waals surface area contributed by atoms with Crippen molar-refractivity contribution in [3.8, 4) is 0 Å². The number of imidazole rings is 1. The molecule has 2 aliphatic rings. The first-order valence-corrected chi connectivity index (χ1v) is 9.27. The molecule has 1 N–H and O–H groups in total. The highest BCUT2D eigenvalue weighted by molar-refractivity contribution is 5.80. The van der Waals surface area contributed by atoms with E-state index in [0.29, 0.717) is 13.1 Å². The van der Waals surface area contributed by atoms with Crippen LogP contribution in [0.5, 0.6) is 0 Å². The topological polar surface area (TPSA) is 80.4 Å². The van der Waals surface area contributed by atoms with Gasteiger partial charge >= 0.3 is 0 Å². The fraction of sp³-hybridized carbons (Fsp3) is 0.526. The molecule has 3 heterocycles. The van der Waals surface area contributed by atoms with Crippen molar-refractivity contribution in [3.63, 3.8) is 0 Å². The van der Waals surface area contributed by atoms with E-state index in [4.69, 9.17) is 4.42 Å². The number of amides is 2. The van der Waals surface area contributed by atoms with Gasteiger partial charge in [-0.05, 0) is 31.9 Å². The fourth-order valence-corrected chi connectivity index (χ4v) is 3.65. The first-order valence-electron chi connectivity index (χ1n) is 9.27. The van der Waals surface area contributed by atoms with Crippen molar-refractivity contribution >= 4 is 11.8 Å². The Hall–Kier alpha value is -2.57. The molecule has 1 atom stereocenters.